The Morgan fingerprint density at radius 1 is 1.40 bits per heavy atom. The van der Waals surface area contributed by atoms with Crippen LogP contribution in [0.3, 0.4) is 0 Å². The van der Waals surface area contributed by atoms with Crippen LogP contribution in [-0.4, -0.2) is 33.5 Å². The second kappa shape index (κ2) is 5.64. The third-order valence-electron chi connectivity index (χ3n) is 6.02. The molecule has 0 spiro atoms. The molecule has 3 N–H and O–H groups in total. The van der Waals surface area contributed by atoms with E-state index in [4.69, 9.17) is 0 Å². The zero-order valence-electron chi connectivity index (χ0n) is 12.7. The summed E-state index contributed by atoms with van der Waals surface area (Å²) >= 11 is 0. The molecule has 0 aromatic heterocycles. The summed E-state index contributed by atoms with van der Waals surface area (Å²) in [4.78, 5) is 11.3. The van der Waals surface area contributed by atoms with Crippen molar-refractivity contribution in [3.63, 3.8) is 0 Å². The number of fused-ring (bicyclic) bond motifs is 1. The van der Waals surface area contributed by atoms with Crippen molar-refractivity contribution in [3.05, 3.63) is 0 Å². The normalized spacial score (nSPS) is 45.4. The number of aliphatic hydroxyl groups excluding tert-OH is 2. The van der Waals surface area contributed by atoms with E-state index in [0.717, 1.165) is 19.3 Å². The zero-order valence-corrected chi connectivity index (χ0v) is 12.7. The summed E-state index contributed by atoms with van der Waals surface area (Å²) in [5, 5.41) is 30.2. The first-order chi connectivity index (χ1) is 9.32. The SMILES string of the molecule is CCC[C@H](C)[C@@H]1[C@H](O)C2[C@H](O)CC[C@]2(C)[C@H]1CC(=O)O. The molecule has 2 saturated carbocycles. The van der Waals surface area contributed by atoms with Crippen molar-refractivity contribution in [2.24, 2.45) is 29.1 Å². The van der Waals surface area contributed by atoms with Crippen LogP contribution in [0.1, 0.15) is 52.9 Å². The highest BCUT2D eigenvalue weighted by Crippen LogP contribution is 2.62. The van der Waals surface area contributed by atoms with Crippen LogP contribution in [0.4, 0.5) is 0 Å². The lowest BCUT2D eigenvalue weighted by Crippen LogP contribution is -2.33. The van der Waals surface area contributed by atoms with Gasteiger partial charge in [-0.05, 0) is 36.0 Å². The minimum Gasteiger partial charge on any atom is -0.481 e. The van der Waals surface area contributed by atoms with E-state index in [9.17, 15) is 20.1 Å². The van der Waals surface area contributed by atoms with Gasteiger partial charge < -0.3 is 15.3 Å². The van der Waals surface area contributed by atoms with E-state index in [1.165, 1.54) is 0 Å². The molecule has 0 aliphatic heterocycles. The predicted molar refractivity (Wildman–Crippen MR) is 76.1 cm³/mol. The highest BCUT2D eigenvalue weighted by molar-refractivity contribution is 5.67. The number of aliphatic carboxylic acids is 1. The van der Waals surface area contributed by atoms with Gasteiger partial charge in [-0.3, -0.25) is 4.79 Å². The third-order valence-corrected chi connectivity index (χ3v) is 6.02. The molecule has 0 bridgehead atoms. The lowest BCUT2D eigenvalue weighted by molar-refractivity contribution is -0.139. The molecule has 0 radical (unpaired) electrons. The van der Waals surface area contributed by atoms with Crippen molar-refractivity contribution in [2.75, 3.05) is 0 Å². The first-order valence-corrected chi connectivity index (χ1v) is 7.90. The van der Waals surface area contributed by atoms with Gasteiger partial charge in [0.05, 0.1) is 12.2 Å². The fourth-order valence-corrected chi connectivity index (χ4v) is 5.15. The average molecular weight is 284 g/mol. The Morgan fingerprint density at radius 3 is 2.60 bits per heavy atom. The number of carbonyl (C=O) groups is 1. The Labute approximate surface area is 121 Å². The van der Waals surface area contributed by atoms with Gasteiger partial charge in [0.1, 0.15) is 0 Å². The van der Waals surface area contributed by atoms with E-state index in [1.807, 2.05) is 0 Å². The highest BCUT2D eigenvalue weighted by atomic mass is 16.4. The summed E-state index contributed by atoms with van der Waals surface area (Å²) in [6.45, 7) is 6.30. The highest BCUT2D eigenvalue weighted by Gasteiger charge is 2.62. The summed E-state index contributed by atoms with van der Waals surface area (Å²) in [7, 11) is 0. The van der Waals surface area contributed by atoms with E-state index in [1.54, 1.807) is 0 Å². The largest absolute Gasteiger partial charge is 0.481 e. The summed E-state index contributed by atoms with van der Waals surface area (Å²) in [6, 6.07) is 0. The van der Waals surface area contributed by atoms with Gasteiger partial charge in [0.2, 0.25) is 0 Å². The van der Waals surface area contributed by atoms with Gasteiger partial charge in [-0.1, -0.05) is 33.6 Å². The average Bonchev–Trinajstić information content (AvgIpc) is 2.75. The van der Waals surface area contributed by atoms with Gasteiger partial charge in [0, 0.05) is 12.3 Å². The number of hydrogen-bond donors (Lipinski definition) is 3. The van der Waals surface area contributed by atoms with Gasteiger partial charge in [-0.2, -0.15) is 0 Å². The monoisotopic (exact) mass is 284 g/mol. The lowest BCUT2D eigenvalue weighted by Gasteiger charge is -2.34. The van der Waals surface area contributed by atoms with Gasteiger partial charge in [0.15, 0.2) is 0 Å². The number of carboxylic acid groups (broad SMARTS) is 1. The molecule has 4 heteroatoms. The van der Waals surface area contributed by atoms with Crippen LogP contribution >= 0.6 is 0 Å². The molecule has 2 rings (SSSR count). The number of hydrogen-bond acceptors (Lipinski definition) is 3. The van der Waals surface area contributed by atoms with E-state index < -0.39 is 18.2 Å². The van der Waals surface area contributed by atoms with E-state index in [2.05, 4.69) is 20.8 Å². The Balaban J connectivity index is 2.32. The molecule has 7 atom stereocenters. The van der Waals surface area contributed by atoms with E-state index in [-0.39, 0.29) is 29.6 Å². The third kappa shape index (κ3) is 2.37. The predicted octanol–water partition coefficient (Wildman–Crippen LogP) is 2.28. The molecule has 2 fully saturated rings. The molecule has 0 aromatic rings. The van der Waals surface area contributed by atoms with Crippen LogP contribution < -0.4 is 0 Å². The summed E-state index contributed by atoms with van der Waals surface area (Å²) in [6.07, 6.45) is 2.60. The van der Waals surface area contributed by atoms with E-state index in [0.29, 0.717) is 12.3 Å². The maximum Gasteiger partial charge on any atom is 0.303 e. The molecule has 4 nitrogen and oxygen atoms in total. The molecule has 0 aromatic carbocycles. The van der Waals surface area contributed by atoms with Gasteiger partial charge in [-0.15, -0.1) is 0 Å². The standard InChI is InChI=1S/C16H28O4/c1-4-5-9(2)13-10(8-12(18)19)16(3)7-6-11(17)14(16)15(13)20/h9-11,13-15,17,20H,4-8H2,1-3H3,(H,18,19)/t9-,10-,11+,13-,14?,15-,16+/m0/s1. The van der Waals surface area contributed by atoms with Crippen LogP contribution in [0.15, 0.2) is 0 Å². The van der Waals surface area contributed by atoms with Crippen molar-refractivity contribution < 1.29 is 20.1 Å². The van der Waals surface area contributed by atoms with Crippen LogP contribution in [0.2, 0.25) is 0 Å². The molecule has 2 aliphatic rings. The minimum absolute atomic E-state index is 0.00370. The zero-order chi connectivity index (χ0) is 15.1. The molecule has 1 unspecified atom stereocenters. The van der Waals surface area contributed by atoms with Crippen LogP contribution in [0.25, 0.3) is 0 Å². The maximum atomic E-state index is 11.3. The minimum atomic E-state index is -0.792. The number of carboxylic acids is 1. The van der Waals surface area contributed by atoms with Crippen LogP contribution in [0.5, 0.6) is 0 Å². The number of aliphatic hydroxyl groups is 2. The summed E-state index contributed by atoms with van der Waals surface area (Å²) in [5.74, 6) is -0.681. The lowest BCUT2D eigenvalue weighted by atomic mass is 9.70. The number of rotatable bonds is 5. The topological polar surface area (TPSA) is 77.8 Å². The van der Waals surface area contributed by atoms with Crippen molar-refractivity contribution in [1.29, 1.82) is 0 Å². The van der Waals surface area contributed by atoms with Gasteiger partial charge >= 0.3 is 5.97 Å². The quantitative estimate of drug-likeness (QED) is 0.724. The maximum absolute atomic E-state index is 11.3. The summed E-state index contributed by atoms with van der Waals surface area (Å²) in [5.41, 5.74) is -0.232. The molecular formula is C16H28O4. The molecule has 0 amide bonds. The van der Waals surface area contributed by atoms with Crippen molar-refractivity contribution in [2.45, 2.75) is 65.1 Å². The molecule has 2 aliphatic carbocycles. The van der Waals surface area contributed by atoms with Gasteiger partial charge in [-0.25, -0.2) is 0 Å². The van der Waals surface area contributed by atoms with Crippen molar-refractivity contribution >= 4 is 5.97 Å². The molecule has 116 valence electrons. The fourth-order valence-electron chi connectivity index (χ4n) is 5.15. The first kappa shape index (κ1) is 15.8. The Bertz CT molecular complexity index is 369. The smallest absolute Gasteiger partial charge is 0.303 e. The second-order valence-corrected chi connectivity index (χ2v) is 7.18. The molecule has 0 heterocycles. The Morgan fingerprint density at radius 2 is 2.05 bits per heavy atom. The molecular weight excluding hydrogens is 256 g/mol. The molecule has 0 saturated heterocycles. The first-order valence-electron chi connectivity index (χ1n) is 7.90. The van der Waals surface area contributed by atoms with Crippen molar-refractivity contribution in [1.82, 2.24) is 0 Å². The molecule has 20 heavy (non-hydrogen) atoms. The van der Waals surface area contributed by atoms with Crippen LogP contribution in [-0.2, 0) is 4.79 Å². The fraction of sp³-hybridized carbons (Fsp3) is 0.938. The van der Waals surface area contributed by atoms with Gasteiger partial charge in [0.25, 0.3) is 0 Å². The Hall–Kier alpha value is -0.610. The second-order valence-electron chi connectivity index (χ2n) is 7.18. The summed E-state index contributed by atoms with van der Waals surface area (Å²) < 4.78 is 0. The van der Waals surface area contributed by atoms with E-state index >= 15 is 0 Å². The van der Waals surface area contributed by atoms with Crippen LogP contribution in [0, 0.1) is 29.1 Å². The van der Waals surface area contributed by atoms with Crippen molar-refractivity contribution in [3.8, 4) is 0 Å². The Kier molecular flexibility index (Phi) is 4.45.